The molecule has 1 heterocycles. The van der Waals surface area contributed by atoms with Crippen LogP contribution < -0.4 is 19.5 Å². The molecule has 1 atom stereocenters. The van der Waals surface area contributed by atoms with Crippen LogP contribution in [-0.4, -0.2) is 40.6 Å². The fraction of sp³-hybridized carbons (Fsp3) is 0.346. The number of rotatable bonds is 12. The third-order valence-electron chi connectivity index (χ3n) is 5.29. The van der Waals surface area contributed by atoms with Gasteiger partial charge in [-0.1, -0.05) is 43.8 Å². The van der Waals surface area contributed by atoms with Crippen molar-refractivity contribution in [3.63, 3.8) is 0 Å². The van der Waals surface area contributed by atoms with Crippen molar-refractivity contribution in [1.82, 2.24) is 14.8 Å². The van der Waals surface area contributed by atoms with Gasteiger partial charge in [-0.2, -0.15) is 0 Å². The molecule has 0 spiro atoms. The maximum Gasteiger partial charge on any atom is 0.234 e. The van der Waals surface area contributed by atoms with E-state index in [0.29, 0.717) is 40.6 Å². The molecule has 8 nitrogen and oxygen atoms in total. The Morgan fingerprint density at radius 2 is 1.80 bits per heavy atom. The average molecular weight is 497 g/mol. The molecule has 0 fully saturated rings. The zero-order chi connectivity index (χ0) is 25.4. The first-order valence-electron chi connectivity index (χ1n) is 11.3. The molecule has 3 aromatic rings. The summed E-state index contributed by atoms with van der Waals surface area (Å²) in [5, 5.41) is 12.1. The van der Waals surface area contributed by atoms with E-state index in [4.69, 9.17) is 14.2 Å². The van der Waals surface area contributed by atoms with Gasteiger partial charge in [-0.15, -0.1) is 16.8 Å². The Hall–Kier alpha value is -3.46. The van der Waals surface area contributed by atoms with Gasteiger partial charge in [-0.25, -0.2) is 0 Å². The minimum Gasteiger partial charge on any atom is -0.497 e. The second-order valence-corrected chi connectivity index (χ2v) is 9.07. The Morgan fingerprint density at radius 1 is 1.09 bits per heavy atom. The number of nitrogens with zero attached hydrogens (tertiary/aromatic N) is 3. The van der Waals surface area contributed by atoms with Gasteiger partial charge in [-0.3, -0.25) is 9.36 Å². The van der Waals surface area contributed by atoms with E-state index in [2.05, 4.69) is 48.1 Å². The Kier molecular flexibility index (Phi) is 9.19. The first-order chi connectivity index (χ1) is 16.9. The van der Waals surface area contributed by atoms with Crippen LogP contribution in [0.15, 0.2) is 60.3 Å². The number of ether oxygens (including phenoxy) is 3. The standard InChI is InChI=1S/C26H32N4O4S/c1-7-14-30-25(18(4)34-20-10-8-19(9-11-20)17(2)3)28-29-26(30)35-16-24(31)27-22-15-21(32-5)12-13-23(22)33-6/h7-13,15,17-18H,1,14,16H2,2-6H3,(H,27,31). The highest BCUT2D eigenvalue weighted by atomic mass is 32.2. The quantitative estimate of drug-likeness (QED) is 0.263. The van der Waals surface area contributed by atoms with Crippen LogP contribution in [0.3, 0.4) is 0 Å². The number of nitrogens with one attached hydrogen (secondary N) is 1. The van der Waals surface area contributed by atoms with Gasteiger partial charge >= 0.3 is 0 Å². The molecule has 0 saturated heterocycles. The van der Waals surface area contributed by atoms with Crippen molar-refractivity contribution in [2.45, 2.75) is 44.5 Å². The van der Waals surface area contributed by atoms with Gasteiger partial charge in [0.05, 0.1) is 25.7 Å². The molecule has 186 valence electrons. The number of allylic oxidation sites excluding steroid dienone is 1. The van der Waals surface area contributed by atoms with Crippen LogP contribution in [0.25, 0.3) is 0 Å². The minimum atomic E-state index is -0.337. The Labute approximate surface area is 210 Å². The zero-order valence-electron chi connectivity index (χ0n) is 20.8. The predicted molar refractivity (Wildman–Crippen MR) is 139 cm³/mol. The summed E-state index contributed by atoms with van der Waals surface area (Å²) in [6.45, 7) is 10.6. The highest BCUT2D eigenvalue weighted by Gasteiger charge is 2.20. The lowest BCUT2D eigenvalue weighted by atomic mass is 10.0. The topological polar surface area (TPSA) is 87.5 Å². The molecular formula is C26H32N4O4S. The number of carbonyl (C=O) groups is 1. The summed E-state index contributed by atoms with van der Waals surface area (Å²) in [6.07, 6.45) is 1.43. The van der Waals surface area contributed by atoms with Crippen LogP contribution in [0, 0.1) is 0 Å². The van der Waals surface area contributed by atoms with Crippen molar-refractivity contribution in [3.05, 3.63) is 66.5 Å². The number of aromatic nitrogens is 3. The highest BCUT2D eigenvalue weighted by molar-refractivity contribution is 7.99. The molecule has 0 aliphatic heterocycles. The van der Waals surface area contributed by atoms with Crippen molar-refractivity contribution < 1.29 is 19.0 Å². The Morgan fingerprint density at radius 3 is 2.43 bits per heavy atom. The molecule has 0 radical (unpaired) electrons. The summed E-state index contributed by atoms with van der Waals surface area (Å²) < 4.78 is 18.6. The van der Waals surface area contributed by atoms with Crippen LogP contribution in [0.4, 0.5) is 5.69 Å². The van der Waals surface area contributed by atoms with Gasteiger partial charge in [-0.05, 0) is 42.7 Å². The minimum absolute atomic E-state index is 0.140. The smallest absolute Gasteiger partial charge is 0.234 e. The molecule has 0 saturated carbocycles. The van der Waals surface area contributed by atoms with Gasteiger partial charge < -0.3 is 19.5 Å². The van der Waals surface area contributed by atoms with Crippen LogP contribution >= 0.6 is 11.8 Å². The predicted octanol–water partition coefficient (Wildman–Crippen LogP) is 5.48. The molecule has 3 rings (SSSR count). The number of hydrogen-bond donors (Lipinski definition) is 1. The van der Waals surface area contributed by atoms with Crippen molar-refractivity contribution in [1.29, 1.82) is 0 Å². The van der Waals surface area contributed by atoms with E-state index in [1.807, 2.05) is 23.6 Å². The maximum absolute atomic E-state index is 12.6. The normalized spacial score (nSPS) is 11.7. The number of anilines is 1. The average Bonchev–Trinajstić information content (AvgIpc) is 3.26. The zero-order valence-corrected chi connectivity index (χ0v) is 21.6. The molecular weight excluding hydrogens is 464 g/mol. The van der Waals surface area contributed by atoms with Crippen molar-refractivity contribution in [3.8, 4) is 17.2 Å². The first kappa shape index (κ1) is 26.2. The van der Waals surface area contributed by atoms with Crippen LogP contribution in [0.1, 0.15) is 44.2 Å². The number of thioether (sulfide) groups is 1. The first-order valence-corrected chi connectivity index (χ1v) is 12.3. The van der Waals surface area contributed by atoms with E-state index >= 15 is 0 Å². The molecule has 1 N–H and O–H groups in total. The molecule has 0 bridgehead atoms. The summed E-state index contributed by atoms with van der Waals surface area (Å²) in [5.41, 5.74) is 1.79. The van der Waals surface area contributed by atoms with Gasteiger partial charge in [0.2, 0.25) is 5.91 Å². The summed E-state index contributed by atoms with van der Waals surface area (Å²) >= 11 is 1.29. The van der Waals surface area contributed by atoms with Crippen molar-refractivity contribution in [2.24, 2.45) is 0 Å². The summed E-state index contributed by atoms with van der Waals surface area (Å²) in [7, 11) is 3.12. The fourth-order valence-electron chi connectivity index (χ4n) is 3.42. The summed E-state index contributed by atoms with van der Waals surface area (Å²) in [4.78, 5) is 12.6. The second-order valence-electron chi connectivity index (χ2n) is 8.13. The molecule has 2 aromatic carbocycles. The van der Waals surface area contributed by atoms with Crippen molar-refractivity contribution >= 4 is 23.4 Å². The summed E-state index contributed by atoms with van der Waals surface area (Å²) in [5.74, 6) is 2.99. The van der Waals surface area contributed by atoms with E-state index in [0.717, 1.165) is 5.75 Å². The lowest BCUT2D eigenvalue weighted by Gasteiger charge is -2.16. The molecule has 0 aliphatic rings. The van der Waals surface area contributed by atoms with E-state index in [9.17, 15) is 4.79 Å². The van der Waals surface area contributed by atoms with Gasteiger partial charge in [0, 0.05) is 12.6 Å². The van der Waals surface area contributed by atoms with E-state index in [1.165, 1.54) is 17.3 Å². The Balaban J connectivity index is 1.68. The number of amides is 1. The van der Waals surface area contributed by atoms with Crippen molar-refractivity contribution in [2.75, 3.05) is 25.3 Å². The van der Waals surface area contributed by atoms with Gasteiger partial charge in [0.25, 0.3) is 0 Å². The van der Waals surface area contributed by atoms with E-state index in [-0.39, 0.29) is 17.8 Å². The third-order valence-corrected chi connectivity index (χ3v) is 6.26. The molecule has 1 aromatic heterocycles. The van der Waals surface area contributed by atoms with E-state index in [1.54, 1.807) is 38.5 Å². The van der Waals surface area contributed by atoms with Crippen LogP contribution in [0.5, 0.6) is 17.2 Å². The number of methoxy groups -OCH3 is 2. The highest BCUT2D eigenvalue weighted by Crippen LogP contribution is 2.30. The number of carbonyl (C=O) groups excluding carboxylic acids is 1. The molecule has 35 heavy (non-hydrogen) atoms. The number of benzene rings is 2. The van der Waals surface area contributed by atoms with Crippen LogP contribution in [-0.2, 0) is 11.3 Å². The largest absolute Gasteiger partial charge is 0.497 e. The van der Waals surface area contributed by atoms with Gasteiger partial charge in [0.15, 0.2) is 17.1 Å². The second kappa shape index (κ2) is 12.3. The van der Waals surface area contributed by atoms with E-state index < -0.39 is 0 Å². The molecule has 9 heteroatoms. The fourth-order valence-corrected chi connectivity index (χ4v) is 4.18. The molecule has 0 aliphatic carbocycles. The van der Waals surface area contributed by atoms with Gasteiger partial charge in [0.1, 0.15) is 17.2 Å². The third kappa shape index (κ3) is 6.79. The monoisotopic (exact) mass is 496 g/mol. The number of hydrogen-bond acceptors (Lipinski definition) is 7. The molecule has 1 unspecified atom stereocenters. The summed E-state index contributed by atoms with van der Waals surface area (Å²) in [6, 6.07) is 13.3. The maximum atomic E-state index is 12.6. The SMILES string of the molecule is C=CCn1c(SCC(=O)Nc2cc(OC)ccc2OC)nnc1C(C)Oc1ccc(C(C)C)cc1. The van der Waals surface area contributed by atoms with Crippen LogP contribution in [0.2, 0.25) is 0 Å². The lowest BCUT2D eigenvalue weighted by molar-refractivity contribution is -0.113. The Bertz CT molecular complexity index is 1140. The molecule has 1 amide bonds. The lowest BCUT2D eigenvalue weighted by Crippen LogP contribution is -2.16.